The van der Waals surface area contributed by atoms with E-state index in [1.165, 1.54) is 0 Å². The third-order valence-electron chi connectivity index (χ3n) is 2.28. The standard InChI is InChI=1S/C13H16N2O3/c14-10-11-4-1-2-5-12(11)13(17)15-6-3-8-18-9-7-16/h1-2,4-5,16H,3,6-9H2,(H,15,17). The second kappa shape index (κ2) is 8.23. The predicted octanol–water partition coefficient (Wildman–Crippen LogP) is 0.687. The molecular formula is C13H16N2O3. The van der Waals surface area contributed by atoms with Gasteiger partial charge < -0.3 is 15.2 Å². The average Bonchev–Trinajstić information content (AvgIpc) is 2.42. The first-order valence-corrected chi connectivity index (χ1v) is 5.75. The molecule has 0 saturated heterocycles. The van der Waals surface area contributed by atoms with Gasteiger partial charge in [0.2, 0.25) is 0 Å². The highest BCUT2D eigenvalue weighted by Gasteiger charge is 2.09. The molecule has 0 aliphatic heterocycles. The molecule has 0 saturated carbocycles. The van der Waals surface area contributed by atoms with Crippen molar-refractivity contribution < 1.29 is 14.6 Å². The lowest BCUT2D eigenvalue weighted by atomic mass is 10.1. The molecule has 0 aliphatic rings. The molecule has 0 unspecified atom stereocenters. The van der Waals surface area contributed by atoms with Crippen LogP contribution in [-0.2, 0) is 4.74 Å². The quantitative estimate of drug-likeness (QED) is 0.695. The third kappa shape index (κ3) is 4.53. The highest BCUT2D eigenvalue weighted by molar-refractivity contribution is 5.96. The van der Waals surface area contributed by atoms with Crippen LogP contribution in [-0.4, -0.2) is 37.4 Å². The molecule has 18 heavy (non-hydrogen) atoms. The van der Waals surface area contributed by atoms with Gasteiger partial charge in [-0.15, -0.1) is 0 Å². The Labute approximate surface area is 106 Å². The van der Waals surface area contributed by atoms with E-state index in [0.29, 0.717) is 37.3 Å². The lowest BCUT2D eigenvalue weighted by molar-refractivity contribution is 0.0867. The first-order chi connectivity index (χ1) is 8.79. The van der Waals surface area contributed by atoms with Crippen LogP contribution in [0.15, 0.2) is 24.3 Å². The van der Waals surface area contributed by atoms with Crippen LogP contribution in [0.2, 0.25) is 0 Å². The number of benzene rings is 1. The number of nitrogens with zero attached hydrogens (tertiary/aromatic N) is 1. The van der Waals surface area contributed by atoms with Crippen molar-refractivity contribution in [3.05, 3.63) is 35.4 Å². The summed E-state index contributed by atoms with van der Waals surface area (Å²) in [6.45, 7) is 1.28. The molecule has 1 aromatic rings. The molecule has 2 N–H and O–H groups in total. The molecular weight excluding hydrogens is 232 g/mol. The van der Waals surface area contributed by atoms with Gasteiger partial charge in [0.05, 0.1) is 30.4 Å². The number of amides is 1. The van der Waals surface area contributed by atoms with E-state index in [0.717, 1.165) is 0 Å². The zero-order chi connectivity index (χ0) is 13.2. The van der Waals surface area contributed by atoms with Gasteiger partial charge in [0, 0.05) is 13.2 Å². The molecule has 0 atom stereocenters. The molecule has 0 aliphatic carbocycles. The summed E-state index contributed by atoms with van der Waals surface area (Å²) in [6.07, 6.45) is 0.667. The SMILES string of the molecule is N#Cc1ccccc1C(=O)NCCCOCCO. The Morgan fingerprint density at radius 1 is 1.39 bits per heavy atom. The summed E-state index contributed by atoms with van der Waals surface area (Å²) in [7, 11) is 0. The molecule has 0 fully saturated rings. The monoisotopic (exact) mass is 248 g/mol. The Morgan fingerprint density at radius 2 is 2.17 bits per heavy atom. The number of nitriles is 1. The number of carbonyl (C=O) groups is 1. The second-order valence-electron chi connectivity index (χ2n) is 3.60. The van der Waals surface area contributed by atoms with Crippen molar-refractivity contribution in [3.8, 4) is 6.07 Å². The maximum atomic E-state index is 11.8. The molecule has 1 rings (SSSR count). The van der Waals surface area contributed by atoms with Crippen LogP contribution in [0.1, 0.15) is 22.3 Å². The Morgan fingerprint density at radius 3 is 2.89 bits per heavy atom. The fraction of sp³-hybridized carbons (Fsp3) is 0.385. The van der Waals surface area contributed by atoms with Crippen molar-refractivity contribution in [1.82, 2.24) is 5.32 Å². The molecule has 0 spiro atoms. The number of carbonyl (C=O) groups excluding carboxylic acids is 1. The number of rotatable bonds is 7. The minimum Gasteiger partial charge on any atom is -0.394 e. The van der Waals surface area contributed by atoms with E-state index < -0.39 is 0 Å². The van der Waals surface area contributed by atoms with Gasteiger partial charge in [0.25, 0.3) is 5.91 Å². The summed E-state index contributed by atoms with van der Waals surface area (Å²) in [4.78, 5) is 11.8. The van der Waals surface area contributed by atoms with Crippen molar-refractivity contribution in [3.63, 3.8) is 0 Å². The number of hydrogen-bond donors (Lipinski definition) is 2. The molecule has 0 heterocycles. The van der Waals surface area contributed by atoms with Gasteiger partial charge in [-0.05, 0) is 18.6 Å². The maximum absolute atomic E-state index is 11.8. The second-order valence-corrected chi connectivity index (χ2v) is 3.60. The molecule has 96 valence electrons. The lowest BCUT2D eigenvalue weighted by Gasteiger charge is -2.06. The van der Waals surface area contributed by atoms with E-state index >= 15 is 0 Å². The summed E-state index contributed by atoms with van der Waals surface area (Å²) < 4.78 is 5.06. The van der Waals surface area contributed by atoms with Gasteiger partial charge in [-0.25, -0.2) is 0 Å². The average molecular weight is 248 g/mol. The largest absolute Gasteiger partial charge is 0.394 e. The first-order valence-electron chi connectivity index (χ1n) is 5.75. The van der Waals surface area contributed by atoms with Gasteiger partial charge in [-0.2, -0.15) is 5.26 Å². The normalized spacial score (nSPS) is 9.78. The van der Waals surface area contributed by atoms with Crippen LogP contribution in [0.4, 0.5) is 0 Å². The van der Waals surface area contributed by atoms with Gasteiger partial charge in [-0.1, -0.05) is 12.1 Å². The number of hydrogen-bond acceptors (Lipinski definition) is 4. The molecule has 5 heteroatoms. The van der Waals surface area contributed by atoms with Gasteiger partial charge in [0.15, 0.2) is 0 Å². The Balaban J connectivity index is 2.35. The van der Waals surface area contributed by atoms with Crippen LogP contribution in [0, 0.1) is 11.3 Å². The Kier molecular flexibility index (Phi) is 6.47. The summed E-state index contributed by atoms with van der Waals surface area (Å²) in [5, 5.41) is 20.1. The van der Waals surface area contributed by atoms with E-state index in [2.05, 4.69) is 5.32 Å². The van der Waals surface area contributed by atoms with Gasteiger partial charge >= 0.3 is 0 Å². The predicted molar refractivity (Wildman–Crippen MR) is 66.0 cm³/mol. The fourth-order valence-corrected chi connectivity index (χ4v) is 1.42. The van der Waals surface area contributed by atoms with Crippen molar-refractivity contribution in [1.29, 1.82) is 5.26 Å². The number of aliphatic hydroxyl groups excluding tert-OH is 1. The van der Waals surface area contributed by atoms with E-state index in [4.69, 9.17) is 15.1 Å². The first kappa shape index (κ1) is 14.2. The van der Waals surface area contributed by atoms with Crippen LogP contribution in [0.25, 0.3) is 0 Å². The zero-order valence-corrected chi connectivity index (χ0v) is 10.1. The topological polar surface area (TPSA) is 82.4 Å². The number of nitrogens with one attached hydrogen (secondary N) is 1. The summed E-state index contributed by atoms with van der Waals surface area (Å²) in [5.41, 5.74) is 0.753. The number of aliphatic hydroxyl groups is 1. The smallest absolute Gasteiger partial charge is 0.252 e. The van der Waals surface area contributed by atoms with Gasteiger partial charge in [0.1, 0.15) is 0 Å². The van der Waals surface area contributed by atoms with E-state index in [1.54, 1.807) is 24.3 Å². The summed E-state index contributed by atoms with van der Waals surface area (Å²) >= 11 is 0. The third-order valence-corrected chi connectivity index (χ3v) is 2.28. The highest BCUT2D eigenvalue weighted by Crippen LogP contribution is 2.06. The van der Waals surface area contributed by atoms with Crippen LogP contribution in [0.5, 0.6) is 0 Å². The summed E-state index contributed by atoms with van der Waals surface area (Å²) in [5.74, 6) is -0.255. The maximum Gasteiger partial charge on any atom is 0.252 e. The zero-order valence-electron chi connectivity index (χ0n) is 10.1. The van der Waals surface area contributed by atoms with Gasteiger partial charge in [-0.3, -0.25) is 4.79 Å². The minimum atomic E-state index is -0.255. The molecule has 1 amide bonds. The van der Waals surface area contributed by atoms with Crippen molar-refractivity contribution in [2.45, 2.75) is 6.42 Å². The summed E-state index contributed by atoms with van der Waals surface area (Å²) in [6, 6.07) is 8.66. The number of ether oxygens (including phenoxy) is 1. The lowest BCUT2D eigenvalue weighted by Crippen LogP contribution is -2.26. The van der Waals surface area contributed by atoms with Crippen molar-refractivity contribution >= 4 is 5.91 Å². The minimum absolute atomic E-state index is 0.00189. The van der Waals surface area contributed by atoms with E-state index in [1.807, 2.05) is 6.07 Å². The molecule has 0 radical (unpaired) electrons. The van der Waals surface area contributed by atoms with E-state index in [-0.39, 0.29) is 12.5 Å². The Hall–Kier alpha value is -1.90. The molecule has 0 bridgehead atoms. The van der Waals surface area contributed by atoms with Crippen LogP contribution >= 0.6 is 0 Å². The van der Waals surface area contributed by atoms with Crippen molar-refractivity contribution in [2.75, 3.05) is 26.4 Å². The molecule has 0 aromatic heterocycles. The molecule has 1 aromatic carbocycles. The van der Waals surface area contributed by atoms with Crippen LogP contribution < -0.4 is 5.32 Å². The highest BCUT2D eigenvalue weighted by atomic mass is 16.5. The Bertz CT molecular complexity index is 426. The van der Waals surface area contributed by atoms with E-state index in [9.17, 15) is 4.79 Å². The van der Waals surface area contributed by atoms with Crippen LogP contribution in [0.3, 0.4) is 0 Å². The molecule has 5 nitrogen and oxygen atoms in total. The fourth-order valence-electron chi connectivity index (χ4n) is 1.42. The van der Waals surface area contributed by atoms with Crippen molar-refractivity contribution in [2.24, 2.45) is 0 Å².